The number of aliphatic carboxylic acids is 1. The number of carboxylic acid groups (broad SMARTS) is 1. The third-order valence-electron chi connectivity index (χ3n) is 7.11. The Morgan fingerprint density at radius 3 is 2.23 bits per heavy atom. The number of carbonyl (C=O) groups excluding carboxylic acids is 2. The molecular weight excluding hydrogens is 444 g/mol. The summed E-state index contributed by atoms with van der Waals surface area (Å²) in [5, 5.41) is 12.5. The van der Waals surface area contributed by atoms with E-state index in [0.29, 0.717) is 13.0 Å². The van der Waals surface area contributed by atoms with Gasteiger partial charge in [-0.3, -0.25) is 4.79 Å². The average Bonchev–Trinajstić information content (AvgIpc) is 3.15. The van der Waals surface area contributed by atoms with Crippen LogP contribution in [-0.2, 0) is 14.3 Å². The van der Waals surface area contributed by atoms with E-state index in [2.05, 4.69) is 29.6 Å². The Labute approximate surface area is 206 Å². The maximum Gasteiger partial charge on any atom is 0.407 e. The van der Waals surface area contributed by atoms with Crippen LogP contribution in [0.25, 0.3) is 11.1 Å². The Kier molecular flexibility index (Phi) is 7.43. The molecule has 1 aliphatic heterocycles. The zero-order chi connectivity index (χ0) is 25.1. The summed E-state index contributed by atoms with van der Waals surface area (Å²) < 4.78 is 5.65. The molecule has 1 fully saturated rings. The molecular formula is C28H34N2O5. The first-order chi connectivity index (χ1) is 16.8. The number of benzene rings is 2. The number of nitrogens with zero attached hydrogens (tertiary/aromatic N) is 1. The van der Waals surface area contributed by atoms with Crippen molar-refractivity contribution in [2.45, 2.75) is 58.0 Å². The minimum atomic E-state index is -1.00. The zero-order valence-electron chi connectivity index (χ0n) is 20.6. The number of nitrogens with one attached hydrogen (secondary N) is 1. The van der Waals surface area contributed by atoms with Gasteiger partial charge in [0.25, 0.3) is 0 Å². The van der Waals surface area contributed by atoms with E-state index in [1.54, 1.807) is 0 Å². The molecule has 35 heavy (non-hydrogen) atoms. The fourth-order valence-electron chi connectivity index (χ4n) is 5.49. The van der Waals surface area contributed by atoms with Gasteiger partial charge in [0, 0.05) is 12.5 Å². The van der Waals surface area contributed by atoms with Gasteiger partial charge in [-0.05, 0) is 53.4 Å². The lowest BCUT2D eigenvalue weighted by Crippen LogP contribution is -2.58. The maximum atomic E-state index is 13.4. The fraction of sp³-hybridized carbons (Fsp3) is 0.464. The van der Waals surface area contributed by atoms with Gasteiger partial charge in [-0.25, -0.2) is 9.59 Å². The minimum absolute atomic E-state index is 0.0771. The molecule has 1 saturated heterocycles. The summed E-state index contributed by atoms with van der Waals surface area (Å²) in [5.74, 6) is -1.45. The summed E-state index contributed by atoms with van der Waals surface area (Å²) in [6.07, 6.45) is 1.24. The van der Waals surface area contributed by atoms with Crippen LogP contribution < -0.4 is 5.32 Å². The number of likely N-dealkylation sites (tertiary alicyclic amines) is 1. The number of amides is 2. The Morgan fingerprint density at radius 2 is 1.66 bits per heavy atom. The van der Waals surface area contributed by atoms with Gasteiger partial charge in [-0.15, -0.1) is 0 Å². The van der Waals surface area contributed by atoms with Gasteiger partial charge in [0.2, 0.25) is 5.91 Å². The second-order valence-electron chi connectivity index (χ2n) is 10.1. The highest BCUT2D eigenvalue weighted by atomic mass is 16.5. The lowest BCUT2D eigenvalue weighted by Gasteiger charge is -2.39. The molecule has 2 aromatic rings. The molecule has 2 unspecified atom stereocenters. The van der Waals surface area contributed by atoms with Crippen LogP contribution in [-0.4, -0.2) is 53.2 Å². The van der Waals surface area contributed by atoms with E-state index >= 15 is 0 Å². The molecule has 0 bridgehead atoms. The SMILES string of the molecule is CC(C)C[C@@H](NC(=O)OCC1c2ccccc2-c2ccccc21)C(=O)N1CCCC(C)C1C(=O)O. The van der Waals surface area contributed by atoms with Crippen molar-refractivity contribution in [3.63, 3.8) is 0 Å². The molecule has 7 heteroatoms. The van der Waals surface area contributed by atoms with E-state index in [1.165, 1.54) is 4.90 Å². The standard InChI is InChI=1S/C28H34N2O5/c1-17(2)15-24(26(31)30-14-8-9-18(3)25(30)27(32)33)29-28(34)35-16-23-21-12-6-4-10-19(21)20-11-5-7-13-22(20)23/h4-7,10-13,17-18,23-25H,8-9,14-16H2,1-3H3,(H,29,34)(H,32,33)/t18?,24-,25?/m1/s1. The lowest BCUT2D eigenvalue weighted by molar-refractivity contribution is -0.155. The van der Waals surface area contributed by atoms with Gasteiger partial charge in [0.1, 0.15) is 18.7 Å². The fourth-order valence-corrected chi connectivity index (χ4v) is 5.49. The monoisotopic (exact) mass is 478 g/mol. The molecule has 3 atom stereocenters. The van der Waals surface area contributed by atoms with E-state index < -0.39 is 24.1 Å². The third-order valence-corrected chi connectivity index (χ3v) is 7.11. The van der Waals surface area contributed by atoms with Crippen molar-refractivity contribution in [3.05, 3.63) is 59.7 Å². The van der Waals surface area contributed by atoms with Crippen LogP contribution in [0, 0.1) is 11.8 Å². The molecule has 1 heterocycles. The van der Waals surface area contributed by atoms with Crippen molar-refractivity contribution in [2.24, 2.45) is 11.8 Å². The highest BCUT2D eigenvalue weighted by molar-refractivity contribution is 5.89. The minimum Gasteiger partial charge on any atom is -0.480 e. The van der Waals surface area contributed by atoms with Crippen molar-refractivity contribution in [1.82, 2.24) is 10.2 Å². The second-order valence-corrected chi connectivity index (χ2v) is 10.1. The van der Waals surface area contributed by atoms with E-state index in [1.807, 2.05) is 45.0 Å². The van der Waals surface area contributed by atoms with Gasteiger partial charge in [-0.2, -0.15) is 0 Å². The molecule has 1 aliphatic carbocycles. The van der Waals surface area contributed by atoms with E-state index in [-0.39, 0.29) is 30.3 Å². The predicted octanol–water partition coefficient (Wildman–Crippen LogP) is 4.65. The second kappa shape index (κ2) is 10.5. The number of fused-ring (bicyclic) bond motifs is 3. The molecule has 0 spiro atoms. The largest absolute Gasteiger partial charge is 0.480 e. The first-order valence-corrected chi connectivity index (χ1v) is 12.4. The summed E-state index contributed by atoms with van der Waals surface area (Å²) in [6.45, 7) is 6.32. The van der Waals surface area contributed by atoms with Crippen molar-refractivity contribution in [2.75, 3.05) is 13.2 Å². The Balaban J connectivity index is 1.46. The molecule has 7 nitrogen and oxygen atoms in total. The topological polar surface area (TPSA) is 95.9 Å². The number of rotatable bonds is 7. The highest BCUT2D eigenvalue weighted by Gasteiger charge is 2.40. The summed E-state index contributed by atoms with van der Waals surface area (Å²) >= 11 is 0. The predicted molar refractivity (Wildman–Crippen MR) is 133 cm³/mol. The number of hydrogen-bond donors (Lipinski definition) is 2. The average molecular weight is 479 g/mol. The zero-order valence-corrected chi connectivity index (χ0v) is 20.6. The third kappa shape index (κ3) is 5.19. The van der Waals surface area contributed by atoms with Gasteiger partial charge >= 0.3 is 12.1 Å². The van der Waals surface area contributed by atoms with Crippen LogP contribution in [0.1, 0.15) is 57.1 Å². The molecule has 0 radical (unpaired) electrons. The van der Waals surface area contributed by atoms with E-state index in [0.717, 1.165) is 35.1 Å². The molecule has 2 aliphatic rings. The maximum absolute atomic E-state index is 13.4. The van der Waals surface area contributed by atoms with Gasteiger partial charge in [-0.1, -0.05) is 69.3 Å². The van der Waals surface area contributed by atoms with Crippen LogP contribution in [0.2, 0.25) is 0 Å². The molecule has 186 valence electrons. The molecule has 0 saturated carbocycles. The lowest BCUT2D eigenvalue weighted by atomic mass is 9.89. The van der Waals surface area contributed by atoms with Crippen molar-refractivity contribution < 1.29 is 24.2 Å². The Morgan fingerprint density at radius 1 is 1.06 bits per heavy atom. The van der Waals surface area contributed by atoms with Gasteiger partial charge < -0.3 is 20.1 Å². The normalized spacial score (nSPS) is 20.2. The first kappa shape index (κ1) is 24.8. The summed E-state index contributed by atoms with van der Waals surface area (Å²) in [5.41, 5.74) is 4.51. The van der Waals surface area contributed by atoms with Crippen LogP contribution >= 0.6 is 0 Å². The van der Waals surface area contributed by atoms with Crippen molar-refractivity contribution >= 4 is 18.0 Å². The molecule has 0 aromatic heterocycles. The Hall–Kier alpha value is -3.35. The number of ether oxygens (including phenoxy) is 1. The van der Waals surface area contributed by atoms with Gasteiger partial charge in [0.05, 0.1) is 0 Å². The number of hydrogen-bond acceptors (Lipinski definition) is 4. The van der Waals surface area contributed by atoms with E-state index in [4.69, 9.17) is 4.74 Å². The van der Waals surface area contributed by atoms with Crippen LogP contribution in [0.4, 0.5) is 4.79 Å². The van der Waals surface area contributed by atoms with Gasteiger partial charge in [0.15, 0.2) is 0 Å². The Bertz CT molecular complexity index is 1050. The molecule has 2 N–H and O–H groups in total. The number of piperidine rings is 1. The van der Waals surface area contributed by atoms with Crippen molar-refractivity contribution in [1.29, 1.82) is 0 Å². The summed E-state index contributed by atoms with van der Waals surface area (Å²) in [6, 6.07) is 14.5. The molecule has 2 aromatic carbocycles. The summed E-state index contributed by atoms with van der Waals surface area (Å²) in [7, 11) is 0. The number of alkyl carbamates (subject to hydrolysis) is 1. The number of carboxylic acids is 1. The highest BCUT2D eigenvalue weighted by Crippen LogP contribution is 2.44. The summed E-state index contributed by atoms with van der Waals surface area (Å²) in [4.78, 5) is 39.6. The first-order valence-electron chi connectivity index (χ1n) is 12.4. The molecule has 2 amide bonds. The quantitative estimate of drug-likeness (QED) is 0.604. The molecule has 4 rings (SSSR count). The van der Waals surface area contributed by atoms with Crippen LogP contribution in [0.15, 0.2) is 48.5 Å². The smallest absolute Gasteiger partial charge is 0.407 e. The van der Waals surface area contributed by atoms with Crippen molar-refractivity contribution in [3.8, 4) is 11.1 Å². The van der Waals surface area contributed by atoms with Crippen LogP contribution in [0.3, 0.4) is 0 Å². The van der Waals surface area contributed by atoms with Crippen LogP contribution in [0.5, 0.6) is 0 Å². The van der Waals surface area contributed by atoms with E-state index in [9.17, 15) is 19.5 Å². The number of carbonyl (C=O) groups is 3.